The van der Waals surface area contributed by atoms with Crippen LogP contribution in [-0.2, 0) is 4.74 Å². The largest absolute Gasteiger partial charge is 0.446 e. The van der Waals surface area contributed by atoms with Gasteiger partial charge in [0.2, 0.25) is 0 Å². The molecule has 1 rings (SSSR count). The molecule has 0 aromatic rings. The van der Waals surface area contributed by atoms with Crippen molar-refractivity contribution < 1.29 is 9.53 Å². The van der Waals surface area contributed by atoms with Crippen LogP contribution in [0, 0.1) is 0 Å². The predicted molar refractivity (Wildman–Crippen MR) is 62.5 cm³/mol. The molecule has 15 heavy (non-hydrogen) atoms. The highest BCUT2D eigenvalue weighted by molar-refractivity contribution is 5.85. The highest BCUT2D eigenvalue weighted by Crippen LogP contribution is 2.08. The molecule has 4 nitrogen and oxygen atoms in total. The molecule has 1 heterocycles. The Balaban J connectivity index is 0.00000196. The number of ether oxygens (including phenoxy) is 1. The first-order valence-electron chi connectivity index (χ1n) is 5.17. The first-order chi connectivity index (χ1) is 6.47. The van der Waals surface area contributed by atoms with Crippen LogP contribution >= 0.6 is 12.4 Å². The van der Waals surface area contributed by atoms with Crippen molar-refractivity contribution in [3.05, 3.63) is 0 Å². The van der Waals surface area contributed by atoms with E-state index in [-0.39, 0.29) is 30.1 Å². The lowest BCUT2D eigenvalue weighted by Gasteiger charge is -2.26. The summed E-state index contributed by atoms with van der Waals surface area (Å²) in [5.74, 6) is 0. The molecular weight excluding hydrogens is 216 g/mol. The Labute approximate surface area is 97.5 Å². The third-order valence-electron chi connectivity index (χ3n) is 2.04. The molecule has 5 heteroatoms. The predicted octanol–water partition coefficient (Wildman–Crippen LogP) is 1.68. The Hall–Kier alpha value is -0.480. The molecule has 1 fully saturated rings. The molecular formula is C10H21ClN2O2. The van der Waals surface area contributed by atoms with Gasteiger partial charge in [-0.3, -0.25) is 0 Å². The maximum Gasteiger partial charge on any atom is 0.407 e. The quantitative estimate of drug-likeness (QED) is 0.729. The van der Waals surface area contributed by atoms with E-state index < -0.39 is 0 Å². The third-order valence-corrected chi connectivity index (χ3v) is 2.04. The smallest absolute Gasteiger partial charge is 0.407 e. The molecule has 2 N–H and O–H groups in total. The molecule has 1 aliphatic rings. The number of hydrogen-bond acceptors (Lipinski definition) is 3. The fourth-order valence-corrected chi connectivity index (χ4v) is 1.40. The second-order valence-electron chi connectivity index (χ2n) is 4.73. The van der Waals surface area contributed by atoms with Gasteiger partial charge < -0.3 is 15.4 Å². The summed E-state index contributed by atoms with van der Waals surface area (Å²) in [7, 11) is 0. The van der Waals surface area contributed by atoms with Gasteiger partial charge >= 0.3 is 6.09 Å². The standard InChI is InChI=1S/C10H20N2O2.ClH/c1-10(2,3)12-9(13)14-8-4-6-11-7-5-8;/h8,11H,4-7H2,1-3H3,(H,12,13);1H. The number of carbonyl (C=O) groups is 1. The molecule has 0 spiro atoms. The Morgan fingerprint density at radius 1 is 1.33 bits per heavy atom. The van der Waals surface area contributed by atoms with E-state index in [1.54, 1.807) is 0 Å². The van der Waals surface area contributed by atoms with Crippen molar-refractivity contribution in [2.24, 2.45) is 0 Å². The van der Waals surface area contributed by atoms with Crippen LogP contribution in [0.1, 0.15) is 33.6 Å². The maximum atomic E-state index is 11.4. The van der Waals surface area contributed by atoms with Crippen LogP contribution < -0.4 is 10.6 Å². The van der Waals surface area contributed by atoms with E-state index in [9.17, 15) is 4.79 Å². The second-order valence-corrected chi connectivity index (χ2v) is 4.73. The lowest BCUT2D eigenvalue weighted by Crippen LogP contribution is -2.43. The number of amides is 1. The van der Waals surface area contributed by atoms with Gasteiger partial charge in [0.05, 0.1) is 0 Å². The molecule has 1 aliphatic heterocycles. The zero-order valence-corrected chi connectivity index (χ0v) is 10.4. The summed E-state index contributed by atoms with van der Waals surface area (Å²) in [6.45, 7) is 7.70. The highest BCUT2D eigenvalue weighted by atomic mass is 35.5. The van der Waals surface area contributed by atoms with Crippen molar-refractivity contribution in [1.82, 2.24) is 10.6 Å². The number of halogens is 1. The van der Waals surface area contributed by atoms with Gasteiger partial charge in [-0.25, -0.2) is 4.79 Å². The first kappa shape index (κ1) is 14.5. The molecule has 0 unspecified atom stereocenters. The summed E-state index contributed by atoms with van der Waals surface area (Å²) in [4.78, 5) is 11.4. The molecule has 90 valence electrons. The molecule has 0 bridgehead atoms. The fraction of sp³-hybridized carbons (Fsp3) is 0.900. The van der Waals surface area contributed by atoms with Gasteiger partial charge in [0.1, 0.15) is 6.10 Å². The van der Waals surface area contributed by atoms with Crippen molar-refractivity contribution in [3.8, 4) is 0 Å². The van der Waals surface area contributed by atoms with Gasteiger partial charge in [-0.2, -0.15) is 0 Å². The van der Waals surface area contributed by atoms with E-state index in [1.807, 2.05) is 20.8 Å². The number of alkyl carbamates (subject to hydrolysis) is 1. The minimum Gasteiger partial charge on any atom is -0.446 e. The minimum atomic E-state index is -0.301. The van der Waals surface area contributed by atoms with Crippen LogP contribution in [0.3, 0.4) is 0 Å². The first-order valence-corrected chi connectivity index (χ1v) is 5.17. The van der Waals surface area contributed by atoms with Crippen LogP contribution in [0.2, 0.25) is 0 Å². The number of carbonyl (C=O) groups excluding carboxylic acids is 1. The van der Waals surface area contributed by atoms with E-state index in [4.69, 9.17) is 4.74 Å². The average Bonchev–Trinajstić information content (AvgIpc) is 2.02. The number of piperidine rings is 1. The summed E-state index contributed by atoms with van der Waals surface area (Å²) >= 11 is 0. The van der Waals surface area contributed by atoms with E-state index in [0.717, 1.165) is 25.9 Å². The monoisotopic (exact) mass is 236 g/mol. The minimum absolute atomic E-state index is 0. The molecule has 0 aliphatic carbocycles. The number of hydrogen-bond donors (Lipinski definition) is 2. The summed E-state index contributed by atoms with van der Waals surface area (Å²) in [5.41, 5.74) is -0.218. The third kappa shape index (κ3) is 6.57. The molecule has 0 radical (unpaired) electrons. The van der Waals surface area contributed by atoms with Gasteiger partial charge in [0.15, 0.2) is 0 Å². The van der Waals surface area contributed by atoms with Crippen molar-refractivity contribution in [3.63, 3.8) is 0 Å². The Bertz CT molecular complexity index is 198. The normalized spacial score (nSPS) is 17.8. The van der Waals surface area contributed by atoms with E-state index in [0.29, 0.717) is 0 Å². The van der Waals surface area contributed by atoms with Gasteiger partial charge in [-0.05, 0) is 46.7 Å². The topological polar surface area (TPSA) is 50.4 Å². The molecule has 0 aromatic heterocycles. The van der Waals surface area contributed by atoms with Crippen LogP contribution in [0.25, 0.3) is 0 Å². The molecule has 1 saturated heterocycles. The van der Waals surface area contributed by atoms with Gasteiger partial charge in [0, 0.05) is 5.54 Å². The Morgan fingerprint density at radius 2 is 1.87 bits per heavy atom. The van der Waals surface area contributed by atoms with Gasteiger partial charge in [-0.1, -0.05) is 0 Å². The molecule has 0 atom stereocenters. The molecule has 1 amide bonds. The Kier molecular flexibility index (Phi) is 5.98. The van der Waals surface area contributed by atoms with E-state index in [1.165, 1.54) is 0 Å². The summed E-state index contributed by atoms with van der Waals surface area (Å²) in [5, 5.41) is 6.01. The van der Waals surface area contributed by atoms with Crippen LogP contribution in [-0.4, -0.2) is 30.8 Å². The fourth-order valence-electron chi connectivity index (χ4n) is 1.40. The maximum absolute atomic E-state index is 11.4. The molecule has 0 saturated carbocycles. The zero-order chi connectivity index (χ0) is 10.6. The van der Waals surface area contributed by atoms with E-state index >= 15 is 0 Å². The molecule has 0 aromatic carbocycles. The van der Waals surface area contributed by atoms with E-state index in [2.05, 4.69) is 10.6 Å². The Morgan fingerprint density at radius 3 is 2.33 bits per heavy atom. The summed E-state index contributed by atoms with van der Waals surface area (Å²) in [6.07, 6.45) is 1.61. The van der Waals surface area contributed by atoms with Crippen molar-refractivity contribution in [2.45, 2.75) is 45.3 Å². The van der Waals surface area contributed by atoms with Gasteiger partial charge in [-0.15, -0.1) is 12.4 Å². The summed E-state index contributed by atoms with van der Waals surface area (Å²) < 4.78 is 5.28. The average molecular weight is 237 g/mol. The van der Waals surface area contributed by atoms with Crippen molar-refractivity contribution in [1.29, 1.82) is 0 Å². The van der Waals surface area contributed by atoms with Crippen molar-refractivity contribution >= 4 is 18.5 Å². The second kappa shape index (κ2) is 6.18. The van der Waals surface area contributed by atoms with Crippen molar-refractivity contribution in [2.75, 3.05) is 13.1 Å². The lowest BCUT2D eigenvalue weighted by atomic mass is 10.1. The van der Waals surface area contributed by atoms with Crippen LogP contribution in [0.15, 0.2) is 0 Å². The number of rotatable bonds is 1. The van der Waals surface area contributed by atoms with Gasteiger partial charge in [0.25, 0.3) is 0 Å². The van der Waals surface area contributed by atoms with Crippen LogP contribution in [0.4, 0.5) is 4.79 Å². The zero-order valence-electron chi connectivity index (χ0n) is 9.63. The highest BCUT2D eigenvalue weighted by Gasteiger charge is 2.20. The van der Waals surface area contributed by atoms with Crippen LogP contribution in [0.5, 0.6) is 0 Å². The summed E-state index contributed by atoms with van der Waals surface area (Å²) in [6, 6.07) is 0. The lowest BCUT2D eigenvalue weighted by molar-refractivity contribution is 0.0741. The number of nitrogens with one attached hydrogen (secondary N) is 2. The SMILES string of the molecule is CC(C)(C)NC(=O)OC1CCNCC1.Cl.